The zero-order chi connectivity index (χ0) is 12.8. The average molecular weight is 251 g/mol. The summed E-state index contributed by atoms with van der Waals surface area (Å²) in [6.45, 7) is 8.25. The van der Waals surface area contributed by atoms with E-state index in [-0.39, 0.29) is 29.6 Å². The van der Waals surface area contributed by atoms with E-state index < -0.39 is 9.84 Å². The van der Waals surface area contributed by atoms with Crippen LogP contribution in [0, 0.1) is 5.92 Å². The van der Waals surface area contributed by atoms with Crippen molar-refractivity contribution >= 4 is 9.84 Å². The van der Waals surface area contributed by atoms with Crippen LogP contribution in [-0.4, -0.2) is 43.7 Å². The molecule has 0 heterocycles. The van der Waals surface area contributed by atoms with Gasteiger partial charge in [-0.3, -0.25) is 0 Å². The van der Waals surface area contributed by atoms with Crippen molar-refractivity contribution < 1.29 is 13.5 Å². The van der Waals surface area contributed by atoms with E-state index in [0.717, 1.165) is 6.54 Å². The quantitative estimate of drug-likeness (QED) is 0.670. The van der Waals surface area contributed by atoms with Crippen LogP contribution in [0.5, 0.6) is 0 Å². The molecule has 0 aliphatic carbocycles. The number of hydrogen-bond acceptors (Lipinski definition) is 4. The summed E-state index contributed by atoms with van der Waals surface area (Å²) in [7, 11) is -3.08. The molecule has 0 aliphatic rings. The standard InChI is InChI=1S/C11H25NO3S/c1-5-12-11(6-7-13)8-16(14,15)10(4)9(2)3/h9-13H,5-8H2,1-4H3. The zero-order valence-corrected chi connectivity index (χ0v) is 11.5. The first-order valence-corrected chi connectivity index (χ1v) is 7.62. The van der Waals surface area contributed by atoms with Gasteiger partial charge in [0.05, 0.1) is 11.0 Å². The largest absolute Gasteiger partial charge is 0.396 e. The van der Waals surface area contributed by atoms with Crippen LogP contribution in [0.25, 0.3) is 0 Å². The van der Waals surface area contributed by atoms with Gasteiger partial charge in [-0.15, -0.1) is 0 Å². The summed E-state index contributed by atoms with van der Waals surface area (Å²) >= 11 is 0. The molecule has 5 heteroatoms. The van der Waals surface area contributed by atoms with Gasteiger partial charge in [0, 0.05) is 12.6 Å². The van der Waals surface area contributed by atoms with E-state index in [1.165, 1.54) is 0 Å². The summed E-state index contributed by atoms with van der Waals surface area (Å²) in [5.41, 5.74) is 0. The van der Waals surface area contributed by atoms with Gasteiger partial charge in [0.15, 0.2) is 9.84 Å². The molecular weight excluding hydrogens is 226 g/mol. The van der Waals surface area contributed by atoms with E-state index in [4.69, 9.17) is 5.11 Å². The van der Waals surface area contributed by atoms with E-state index in [1.807, 2.05) is 20.8 Å². The van der Waals surface area contributed by atoms with E-state index in [9.17, 15) is 8.42 Å². The normalized spacial score (nSPS) is 16.4. The van der Waals surface area contributed by atoms with E-state index in [1.54, 1.807) is 6.92 Å². The van der Waals surface area contributed by atoms with Gasteiger partial charge in [0.25, 0.3) is 0 Å². The maximum Gasteiger partial charge on any atom is 0.154 e. The molecule has 0 bridgehead atoms. The van der Waals surface area contributed by atoms with Crippen molar-refractivity contribution in [3.05, 3.63) is 0 Å². The second-order valence-corrected chi connectivity index (χ2v) is 6.95. The van der Waals surface area contributed by atoms with Crippen LogP contribution in [-0.2, 0) is 9.84 Å². The van der Waals surface area contributed by atoms with Gasteiger partial charge in [-0.1, -0.05) is 20.8 Å². The summed E-state index contributed by atoms with van der Waals surface area (Å²) in [4.78, 5) is 0. The van der Waals surface area contributed by atoms with Crippen molar-refractivity contribution in [2.45, 2.75) is 45.4 Å². The summed E-state index contributed by atoms with van der Waals surface area (Å²) < 4.78 is 24.0. The molecule has 0 aromatic heterocycles. The van der Waals surface area contributed by atoms with E-state index in [2.05, 4.69) is 5.32 Å². The fourth-order valence-electron chi connectivity index (χ4n) is 1.54. The van der Waals surface area contributed by atoms with Crippen LogP contribution in [0.4, 0.5) is 0 Å². The van der Waals surface area contributed by atoms with Crippen LogP contribution in [0.3, 0.4) is 0 Å². The van der Waals surface area contributed by atoms with Crippen LogP contribution < -0.4 is 5.32 Å². The first-order chi connectivity index (χ1) is 7.35. The van der Waals surface area contributed by atoms with Crippen molar-refractivity contribution in [1.29, 1.82) is 0 Å². The molecular formula is C11H25NO3S. The summed E-state index contributed by atoms with van der Waals surface area (Å²) in [6.07, 6.45) is 0.484. The van der Waals surface area contributed by atoms with Crippen molar-refractivity contribution in [2.75, 3.05) is 18.9 Å². The Morgan fingerprint density at radius 2 is 1.81 bits per heavy atom. The van der Waals surface area contributed by atoms with Gasteiger partial charge in [0.2, 0.25) is 0 Å². The first-order valence-electron chi connectivity index (χ1n) is 5.91. The van der Waals surface area contributed by atoms with Crippen LogP contribution >= 0.6 is 0 Å². The second kappa shape index (κ2) is 7.25. The molecule has 0 aliphatic heterocycles. The number of rotatable bonds is 8. The average Bonchev–Trinajstić information content (AvgIpc) is 2.16. The SMILES string of the molecule is CCNC(CCO)CS(=O)(=O)C(C)C(C)C. The Kier molecular flexibility index (Phi) is 7.19. The number of hydrogen-bond donors (Lipinski definition) is 2. The monoisotopic (exact) mass is 251 g/mol. The van der Waals surface area contributed by atoms with Crippen molar-refractivity contribution in [1.82, 2.24) is 5.32 Å². The maximum atomic E-state index is 12.0. The third kappa shape index (κ3) is 5.27. The van der Waals surface area contributed by atoms with E-state index in [0.29, 0.717) is 6.42 Å². The Morgan fingerprint density at radius 3 is 2.19 bits per heavy atom. The molecule has 0 saturated carbocycles. The molecule has 0 aromatic rings. The highest BCUT2D eigenvalue weighted by Gasteiger charge is 2.26. The van der Waals surface area contributed by atoms with Gasteiger partial charge < -0.3 is 10.4 Å². The Labute approximate surface area is 99.4 Å². The summed E-state index contributed by atoms with van der Waals surface area (Å²) in [5.74, 6) is 0.238. The number of nitrogens with one attached hydrogen (secondary N) is 1. The molecule has 0 radical (unpaired) electrons. The number of aliphatic hydroxyl groups excluding tert-OH is 1. The minimum atomic E-state index is -3.08. The number of aliphatic hydroxyl groups is 1. The molecule has 98 valence electrons. The van der Waals surface area contributed by atoms with Gasteiger partial charge in [-0.2, -0.15) is 0 Å². The topological polar surface area (TPSA) is 66.4 Å². The highest BCUT2D eigenvalue weighted by molar-refractivity contribution is 7.92. The summed E-state index contributed by atoms with van der Waals surface area (Å²) in [6, 6.07) is -0.138. The Bertz CT molecular complexity index is 269. The maximum absolute atomic E-state index is 12.0. The molecule has 0 spiro atoms. The second-order valence-electron chi connectivity index (χ2n) is 4.55. The highest BCUT2D eigenvalue weighted by atomic mass is 32.2. The molecule has 2 unspecified atom stereocenters. The van der Waals surface area contributed by atoms with Gasteiger partial charge >= 0.3 is 0 Å². The summed E-state index contributed by atoms with van der Waals surface area (Å²) in [5, 5.41) is 11.6. The molecule has 2 atom stereocenters. The first kappa shape index (κ1) is 15.9. The lowest BCUT2D eigenvalue weighted by molar-refractivity contribution is 0.270. The van der Waals surface area contributed by atoms with Crippen LogP contribution in [0.2, 0.25) is 0 Å². The van der Waals surface area contributed by atoms with Crippen LogP contribution in [0.1, 0.15) is 34.1 Å². The Morgan fingerprint density at radius 1 is 1.25 bits per heavy atom. The minimum Gasteiger partial charge on any atom is -0.396 e. The van der Waals surface area contributed by atoms with Crippen molar-refractivity contribution in [2.24, 2.45) is 5.92 Å². The third-order valence-corrected chi connectivity index (χ3v) is 5.45. The van der Waals surface area contributed by atoms with Gasteiger partial charge in [-0.25, -0.2) is 8.42 Å². The lowest BCUT2D eigenvalue weighted by Crippen LogP contribution is -2.40. The molecule has 0 saturated heterocycles. The van der Waals surface area contributed by atoms with Crippen molar-refractivity contribution in [3.63, 3.8) is 0 Å². The van der Waals surface area contributed by atoms with Crippen molar-refractivity contribution in [3.8, 4) is 0 Å². The molecule has 4 nitrogen and oxygen atoms in total. The lowest BCUT2D eigenvalue weighted by atomic mass is 10.2. The predicted molar refractivity (Wildman–Crippen MR) is 67.3 cm³/mol. The third-order valence-electron chi connectivity index (χ3n) is 2.91. The molecule has 16 heavy (non-hydrogen) atoms. The molecule has 0 fully saturated rings. The Balaban J connectivity index is 4.52. The fraction of sp³-hybridized carbons (Fsp3) is 1.00. The van der Waals surface area contributed by atoms with E-state index >= 15 is 0 Å². The van der Waals surface area contributed by atoms with Crippen LogP contribution in [0.15, 0.2) is 0 Å². The van der Waals surface area contributed by atoms with Gasteiger partial charge in [0.1, 0.15) is 0 Å². The minimum absolute atomic E-state index is 0.0171. The smallest absolute Gasteiger partial charge is 0.154 e. The molecule has 0 rings (SSSR count). The molecule has 2 N–H and O–H groups in total. The van der Waals surface area contributed by atoms with Gasteiger partial charge in [-0.05, 0) is 25.8 Å². The predicted octanol–water partition coefficient (Wildman–Crippen LogP) is 0.806. The lowest BCUT2D eigenvalue weighted by Gasteiger charge is -2.21. The fourth-order valence-corrected chi connectivity index (χ4v) is 3.51. The highest BCUT2D eigenvalue weighted by Crippen LogP contribution is 2.14. The molecule has 0 aromatic carbocycles. The molecule has 0 amide bonds. The number of sulfone groups is 1. The zero-order valence-electron chi connectivity index (χ0n) is 10.7. The Hall–Kier alpha value is -0.130.